The third-order valence-electron chi connectivity index (χ3n) is 3.25. The highest BCUT2D eigenvalue weighted by molar-refractivity contribution is 5.61. The van der Waals surface area contributed by atoms with Gasteiger partial charge in [-0.15, -0.1) is 0 Å². The number of para-hydroxylation sites is 1. The zero-order valence-corrected chi connectivity index (χ0v) is 10.1. The van der Waals surface area contributed by atoms with Crippen LogP contribution >= 0.6 is 0 Å². The van der Waals surface area contributed by atoms with E-state index in [2.05, 4.69) is 10.1 Å². The number of hydrogen-bond donors (Lipinski definition) is 1. The molecule has 0 aliphatic carbocycles. The summed E-state index contributed by atoms with van der Waals surface area (Å²) in [6.45, 7) is 2.68. The van der Waals surface area contributed by atoms with Crippen LogP contribution in [-0.2, 0) is 10.3 Å². The summed E-state index contributed by atoms with van der Waals surface area (Å²) < 4.78 is 10.9. The lowest BCUT2D eigenvalue weighted by molar-refractivity contribution is 0.00768. The molecule has 1 aliphatic rings. The molecule has 1 aliphatic heterocycles. The summed E-state index contributed by atoms with van der Waals surface area (Å²) in [6.07, 6.45) is 1.88. The number of phenolic OH excluding ortho intramolecular Hbond substituents is 1. The third kappa shape index (κ3) is 1.76. The van der Waals surface area contributed by atoms with E-state index in [9.17, 15) is 5.11 Å². The molecule has 1 saturated heterocycles. The Morgan fingerprint density at radius 2 is 2.17 bits per heavy atom. The molecule has 1 aromatic heterocycles. The van der Waals surface area contributed by atoms with E-state index in [0.717, 1.165) is 19.4 Å². The van der Waals surface area contributed by atoms with Crippen LogP contribution in [0.1, 0.15) is 25.6 Å². The maximum absolute atomic E-state index is 9.74. The number of nitrogens with zero attached hydrogens (tertiary/aromatic N) is 2. The van der Waals surface area contributed by atoms with Crippen LogP contribution in [0.4, 0.5) is 0 Å². The van der Waals surface area contributed by atoms with E-state index in [1.54, 1.807) is 18.2 Å². The van der Waals surface area contributed by atoms with Gasteiger partial charge in [-0.3, -0.25) is 0 Å². The minimum atomic E-state index is -0.466. The van der Waals surface area contributed by atoms with E-state index in [1.165, 1.54) is 0 Å². The second-order valence-corrected chi connectivity index (χ2v) is 4.62. The van der Waals surface area contributed by atoms with Crippen molar-refractivity contribution in [2.24, 2.45) is 0 Å². The Kier molecular flexibility index (Phi) is 2.56. The molecule has 5 nitrogen and oxygen atoms in total. The Labute approximate surface area is 104 Å². The van der Waals surface area contributed by atoms with Gasteiger partial charge in [0.25, 0.3) is 5.89 Å². The molecule has 0 saturated carbocycles. The van der Waals surface area contributed by atoms with E-state index >= 15 is 0 Å². The van der Waals surface area contributed by atoms with Crippen molar-refractivity contribution >= 4 is 0 Å². The van der Waals surface area contributed by atoms with Crippen molar-refractivity contribution in [2.75, 3.05) is 6.61 Å². The molecule has 1 N–H and O–H groups in total. The molecule has 1 fully saturated rings. The topological polar surface area (TPSA) is 68.4 Å². The summed E-state index contributed by atoms with van der Waals surface area (Å²) in [5.74, 6) is 0.989. The van der Waals surface area contributed by atoms with Gasteiger partial charge in [-0.1, -0.05) is 17.3 Å². The molecule has 0 radical (unpaired) electrons. The average Bonchev–Trinajstić information content (AvgIpc) is 2.99. The predicted octanol–water partition coefficient (Wildman–Crippen LogP) is 2.47. The van der Waals surface area contributed by atoms with Crippen molar-refractivity contribution in [1.82, 2.24) is 10.1 Å². The zero-order chi connectivity index (χ0) is 12.6. The highest BCUT2D eigenvalue weighted by atomic mass is 16.5. The quantitative estimate of drug-likeness (QED) is 0.881. The smallest absolute Gasteiger partial charge is 0.261 e. The number of phenols is 1. The summed E-state index contributed by atoms with van der Waals surface area (Å²) in [5.41, 5.74) is 0.0736. The fourth-order valence-corrected chi connectivity index (χ4v) is 2.16. The van der Waals surface area contributed by atoms with Crippen LogP contribution in [0.2, 0.25) is 0 Å². The average molecular weight is 246 g/mol. The second-order valence-electron chi connectivity index (χ2n) is 4.62. The molecular weight excluding hydrogens is 232 g/mol. The van der Waals surface area contributed by atoms with Gasteiger partial charge in [0.2, 0.25) is 5.82 Å². The molecule has 0 bridgehead atoms. The van der Waals surface area contributed by atoms with Gasteiger partial charge in [0.05, 0.1) is 5.56 Å². The van der Waals surface area contributed by atoms with Gasteiger partial charge in [0.15, 0.2) is 0 Å². The Bertz CT molecular complexity index is 559. The third-order valence-corrected chi connectivity index (χ3v) is 3.25. The molecule has 1 unspecified atom stereocenters. The number of aromatic nitrogens is 2. The Hall–Kier alpha value is -1.88. The lowest BCUT2D eigenvalue weighted by Crippen LogP contribution is -2.21. The lowest BCUT2D eigenvalue weighted by Gasteiger charge is -2.17. The van der Waals surface area contributed by atoms with Gasteiger partial charge in [-0.2, -0.15) is 4.98 Å². The number of ether oxygens (including phenoxy) is 1. The first-order valence-corrected chi connectivity index (χ1v) is 5.95. The number of rotatable bonds is 2. The van der Waals surface area contributed by atoms with Crippen molar-refractivity contribution < 1.29 is 14.4 Å². The number of aromatic hydroxyl groups is 1. The standard InChI is InChI=1S/C13H14N2O3/c1-13(7-4-8-17-13)12-14-11(18-15-12)9-5-2-3-6-10(9)16/h2-3,5-6,16H,4,7-8H2,1H3. The van der Waals surface area contributed by atoms with Gasteiger partial charge in [0.1, 0.15) is 11.4 Å². The highest BCUT2D eigenvalue weighted by Crippen LogP contribution is 2.35. The van der Waals surface area contributed by atoms with Crippen molar-refractivity contribution in [3.05, 3.63) is 30.1 Å². The second kappa shape index (κ2) is 4.10. The highest BCUT2D eigenvalue weighted by Gasteiger charge is 2.36. The predicted molar refractivity (Wildman–Crippen MR) is 63.9 cm³/mol. The molecule has 3 rings (SSSR count). The number of benzene rings is 1. The molecule has 94 valence electrons. The zero-order valence-electron chi connectivity index (χ0n) is 10.1. The molecule has 2 aromatic rings. The first-order chi connectivity index (χ1) is 8.69. The van der Waals surface area contributed by atoms with Crippen LogP contribution in [0.15, 0.2) is 28.8 Å². The fraction of sp³-hybridized carbons (Fsp3) is 0.385. The van der Waals surface area contributed by atoms with Crippen LogP contribution in [0, 0.1) is 0 Å². The fourth-order valence-electron chi connectivity index (χ4n) is 2.16. The first-order valence-electron chi connectivity index (χ1n) is 5.95. The Morgan fingerprint density at radius 1 is 1.33 bits per heavy atom. The molecule has 1 aromatic carbocycles. The van der Waals surface area contributed by atoms with Crippen LogP contribution < -0.4 is 0 Å². The van der Waals surface area contributed by atoms with Crippen LogP contribution in [0.5, 0.6) is 5.75 Å². The van der Waals surface area contributed by atoms with Gasteiger partial charge < -0.3 is 14.4 Å². The van der Waals surface area contributed by atoms with Crippen molar-refractivity contribution in [3.63, 3.8) is 0 Å². The largest absolute Gasteiger partial charge is 0.507 e. The summed E-state index contributed by atoms with van der Waals surface area (Å²) in [6, 6.07) is 6.89. The van der Waals surface area contributed by atoms with Gasteiger partial charge in [-0.05, 0) is 31.9 Å². The molecule has 2 heterocycles. The summed E-state index contributed by atoms with van der Waals surface area (Å²) >= 11 is 0. The van der Waals surface area contributed by atoms with Crippen LogP contribution in [0.25, 0.3) is 11.5 Å². The minimum absolute atomic E-state index is 0.130. The maximum atomic E-state index is 9.74. The normalized spacial score (nSPS) is 23.4. The van der Waals surface area contributed by atoms with E-state index in [0.29, 0.717) is 17.3 Å². The summed E-state index contributed by atoms with van der Waals surface area (Å²) in [7, 11) is 0. The van der Waals surface area contributed by atoms with E-state index in [4.69, 9.17) is 9.26 Å². The molecule has 0 spiro atoms. The molecule has 1 atom stereocenters. The van der Waals surface area contributed by atoms with Gasteiger partial charge in [0, 0.05) is 6.61 Å². The Balaban J connectivity index is 1.97. The lowest BCUT2D eigenvalue weighted by atomic mass is 10.0. The maximum Gasteiger partial charge on any atom is 0.261 e. The SMILES string of the molecule is CC1(c2noc(-c3ccccc3O)n2)CCCO1. The molecule has 5 heteroatoms. The monoisotopic (exact) mass is 246 g/mol. The number of hydrogen-bond acceptors (Lipinski definition) is 5. The van der Waals surface area contributed by atoms with Gasteiger partial charge >= 0.3 is 0 Å². The van der Waals surface area contributed by atoms with Crippen LogP contribution in [0.3, 0.4) is 0 Å². The van der Waals surface area contributed by atoms with E-state index in [-0.39, 0.29) is 5.75 Å². The van der Waals surface area contributed by atoms with Crippen molar-refractivity contribution in [3.8, 4) is 17.2 Å². The summed E-state index contributed by atoms with van der Waals surface area (Å²) in [4.78, 5) is 4.33. The van der Waals surface area contributed by atoms with E-state index in [1.807, 2.05) is 13.0 Å². The first kappa shape index (κ1) is 11.2. The molecule has 18 heavy (non-hydrogen) atoms. The molecular formula is C13H14N2O3. The van der Waals surface area contributed by atoms with Gasteiger partial charge in [-0.25, -0.2) is 0 Å². The minimum Gasteiger partial charge on any atom is -0.507 e. The van der Waals surface area contributed by atoms with Crippen molar-refractivity contribution in [2.45, 2.75) is 25.4 Å². The molecule has 0 amide bonds. The van der Waals surface area contributed by atoms with Crippen LogP contribution in [-0.4, -0.2) is 21.9 Å². The Morgan fingerprint density at radius 3 is 2.89 bits per heavy atom. The van der Waals surface area contributed by atoms with Crippen molar-refractivity contribution in [1.29, 1.82) is 0 Å². The van der Waals surface area contributed by atoms with E-state index < -0.39 is 5.60 Å². The summed E-state index contributed by atoms with van der Waals surface area (Å²) in [5, 5.41) is 13.7.